The van der Waals surface area contributed by atoms with Gasteiger partial charge in [-0.1, -0.05) is 11.6 Å². The van der Waals surface area contributed by atoms with E-state index in [1.165, 1.54) is 18.2 Å². The summed E-state index contributed by atoms with van der Waals surface area (Å²) in [4.78, 5) is 10.1. The van der Waals surface area contributed by atoms with Crippen molar-refractivity contribution < 1.29 is 25.0 Å². The number of aliphatic hydroxyl groups excluding tert-OH is 3. The molecule has 0 unspecified atom stereocenters. The minimum Gasteiger partial charge on any atom is -0.388 e. The van der Waals surface area contributed by atoms with Crippen LogP contribution in [0.1, 0.15) is 0 Å². The van der Waals surface area contributed by atoms with Crippen LogP contribution < -0.4 is 5.32 Å². The quantitative estimate of drug-likeness (QED) is 0.461. The Morgan fingerprint density at radius 2 is 2.05 bits per heavy atom. The summed E-state index contributed by atoms with van der Waals surface area (Å²) >= 11 is 5.68. The van der Waals surface area contributed by atoms with Crippen molar-refractivity contribution >= 4 is 23.0 Å². The maximum Gasteiger partial charge on any atom is 0.289 e. The Hall–Kier alpha value is -1.45. The third-order valence-corrected chi connectivity index (χ3v) is 3.27. The number of ether oxygens (including phenoxy) is 1. The first-order valence-electron chi connectivity index (χ1n) is 5.76. The van der Waals surface area contributed by atoms with E-state index >= 15 is 0 Å². The van der Waals surface area contributed by atoms with Gasteiger partial charge in [0.1, 0.15) is 23.3 Å². The van der Waals surface area contributed by atoms with Crippen LogP contribution in [0.3, 0.4) is 0 Å². The van der Waals surface area contributed by atoms with Crippen LogP contribution >= 0.6 is 11.6 Å². The van der Waals surface area contributed by atoms with Crippen LogP contribution in [0.25, 0.3) is 0 Å². The lowest BCUT2D eigenvalue weighted by Gasteiger charge is -2.35. The largest absolute Gasteiger partial charge is 0.388 e. The average molecular weight is 305 g/mol. The summed E-state index contributed by atoms with van der Waals surface area (Å²) in [6, 6.07) is 4.00. The highest BCUT2D eigenvalue weighted by atomic mass is 35.5. The molecule has 0 aromatic heterocycles. The summed E-state index contributed by atoms with van der Waals surface area (Å²) in [5.74, 6) is 0. The van der Waals surface area contributed by atoms with Gasteiger partial charge in [-0.3, -0.25) is 10.1 Å². The Kier molecular flexibility index (Phi) is 4.41. The van der Waals surface area contributed by atoms with E-state index in [1.807, 2.05) is 0 Å². The van der Waals surface area contributed by atoms with Crippen LogP contribution in [0.5, 0.6) is 0 Å². The van der Waals surface area contributed by atoms with Gasteiger partial charge in [0.25, 0.3) is 5.69 Å². The second kappa shape index (κ2) is 5.90. The summed E-state index contributed by atoms with van der Waals surface area (Å²) < 4.78 is 5.13. The van der Waals surface area contributed by atoms with Gasteiger partial charge in [-0.25, -0.2) is 0 Å². The molecular weight excluding hydrogens is 292 g/mol. The standard InChI is InChI=1S/C11H13ClN2O6/c12-6-2-1-5(3-7(6)14(18)19)13-11-10(17)9(16)8(15)4-20-11/h1-3,8-11,13,15-17H,4H2/t8-,9-,10+,11-/m1/s1. The van der Waals surface area contributed by atoms with Gasteiger partial charge in [0.05, 0.1) is 11.5 Å². The first kappa shape index (κ1) is 14.9. The molecule has 0 spiro atoms. The van der Waals surface area contributed by atoms with Gasteiger partial charge in [-0.15, -0.1) is 0 Å². The molecule has 1 aliphatic heterocycles. The molecule has 1 aromatic carbocycles. The molecule has 1 aromatic rings. The molecule has 110 valence electrons. The Bertz CT molecular complexity index is 514. The van der Waals surface area contributed by atoms with E-state index in [9.17, 15) is 25.4 Å². The zero-order valence-corrected chi connectivity index (χ0v) is 10.9. The van der Waals surface area contributed by atoms with Crippen LogP contribution in [0.4, 0.5) is 11.4 Å². The highest BCUT2D eigenvalue weighted by Gasteiger charge is 2.37. The number of halogens is 1. The average Bonchev–Trinajstić information content (AvgIpc) is 2.41. The second-order valence-electron chi connectivity index (χ2n) is 4.37. The Morgan fingerprint density at radius 1 is 1.35 bits per heavy atom. The molecule has 0 aliphatic carbocycles. The van der Waals surface area contributed by atoms with Crippen molar-refractivity contribution in [1.82, 2.24) is 0 Å². The molecule has 4 N–H and O–H groups in total. The van der Waals surface area contributed by atoms with Gasteiger partial charge in [-0.05, 0) is 12.1 Å². The number of nitro groups is 1. The van der Waals surface area contributed by atoms with Gasteiger partial charge in [0.2, 0.25) is 0 Å². The third kappa shape index (κ3) is 3.00. The topological polar surface area (TPSA) is 125 Å². The van der Waals surface area contributed by atoms with Gasteiger partial charge in [0.15, 0.2) is 6.23 Å². The Labute approximate surface area is 118 Å². The number of nitro benzene ring substituents is 1. The lowest BCUT2D eigenvalue weighted by Crippen LogP contribution is -2.55. The number of aliphatic hydroxyl groups is 3. The smallest absolute Gasteiger partial charge is 0.289 e. The van der Waals surface area contributed by atoms with E-state index in [4.69, 9.17) is 16.3 Å². The van der Waals surface area contributed by atoms with Gasteiger partial charge in [-0.2, -0.15) is 0 Å². The summed E-state index contributed by atoms with van der Waals surface area (Å²) in [5, 5.41) is 42.0. The number of nitrogens with zero attached hydrogens (tertiary/aromatic N) is 1. The first-order chi connectivity index (χ1) is 9.40. The van der Waals surface area contributed by atoms with Crippen LogP contribution in [-0.4, -0.2) is 51.4 Å². The summed E-state index contributed by atoms with van der Waals surface area (Å²) in [6.07, 6.45) is -4.89. The molecule has 0 saturated carbocycles. The van der Waals surface area contributed by atoms with Crippen molar-refractivity contribution in [3.63, 3.8) is 0 Å². The number of rotatable bonds is 3. The molecule has 0 radical (unpaired) electrons. The Balaban J connectivity index is 2.14. The molecule has 1 heterocycles. The molecule has 0 amide bonds. The second-order valence-corrected chi connectivity index (χ2v) is 4.78. The van der Waals surface area contributed by atoms with Crippen molar-refractivity contribution in [3.05, 3.63) is 33.3 Å². The number of benzene rings is 1. The summed E-state index contributed by atoms with van der Waals surface area (Å²) in [5.41, 5.74) is 0.0105. The third-order valence-electron chi connectivity index (χ3n) is 2.95. The number of anilines is 1. The lowest BCUT2D eigenvalue weighted by molar-refractivity contribution is -0.384. The first-order valence-corrected chi connectivity index (χ1v) is 6.14. The fourth-order valence-electron chi connectivity index (χ4n) is 1.84. The Morgan fingerprint density at radius 3 is 2.70 bits per heavy atom. The molecule has 1 saturated heterocycles. The SMILES string of the molecule is O=[N+]([O-])c1cc(N[C@@H]2OC[C@@H](O)[C@@H](O)[C@@H]2O)ccc1Cl. The van der Waals surface area contributed by atoms with Crippen LogP contribution in [0, 0.1) is 10.1 Å². The van der Waals surface area contributed by atoms with E-state index in [1.54, 1.807) is 0 Å². The maximum absolute atomic E-state index is 10.8. The highest BCUT2D eigenvalue weighted by molar-refractivity contribution is 6.32. The van der Waals surface area contributed by atoms with Crippen LogP contribution in [-0.2, 0) is 4.74 Å². The van der Waals surface area contributed by atoms with Gasteiger partial charge in [0, 0.05) is 11.8 Å². The molecule has 4 atom stereocenters. The van der Waals surface area contributed by atoms with E-state index in [-0.39, 0.29) is 17.3 Å². The summed E-state index contributed by atoms with van der Waals surface area (Å²) in [7, 11) is 0. The molecule has 1 fully saturated rings. The van der Waals surface area contributed by atoms with E-state index < -0.39 is 29.5 Å². The zero-order chi connectivity index (χ0) is 14.9. The molecule has 2 rings (SSSR count). The molecule has 8 nitrogen and oxygen atoms in total. The highest BCUT2D eigenvalue weighted by Crippen LogP contribution is 2.28. The fraction of sp³-hybridized carbons (Fsp3) is 0.455. The normalized spacial score (nSPS) is 30.0. The van der Waals surface area contributed by atoms with E-state index in [0.717, 1.165) is 0 Å². The zero-order valence-electron chi connectivity index (χ0n) is 10.1. The molecule has 0 bridgehead atoms. The predicted molar refractivity (Wildman–Crippen MR) is 69.5 cm³/mol. The minimum atomic E-state index is -1.37. The van der Waals surface area contributed by atoms with Crippen molar-refractivity contribution in [2.24, 2.45) is 0 Å². The van der Waals surface area contributed by atoms with E-state index in [0.29, 0.717) is 5.69 Å². The van der Waals surface area contributed by atoms with Crippen molar-refractivity contribution in [2.45, 2.75) is 24.5 Å². The maximum atomic E-state index is 10.8. The predicted octanol–water partition coefficient (Wildman–Crippen LogP) is 0.0991. The van der Waals surface area contributed by atoms with Gasteiger partial charge >= 0.3 is 0 Å². The van der Waals surface area contributed by atoms with Crippen molar-refractivity contribution in [2.75, 3.05) is 11.9 Å². The van der Waals surface area contributed by atoms with Gasteiger partial charge < -0.3 is 25.4 Å². The summed E-state index contributed by atoms with van der Waals surface area (Å²) in [6.45, 7) is -0.161. The number of nitrogens with one attached hydrogen (secondary N) is 1. The van der Waals surface area contributed by atoms with Crippen LogP contribution in [0.2, 0.25) is 5.02 Å². The minimum absolute atomic E-state index is 0.0129. The van der Waals surface area contributed by atoms with Crippen molar-refractivity contribution in [3.8, 4) is 0 Å². The van der Waals surface area contributed by atoms with Crippen molar-refractivity contribution in [1.29, 1.82) is 0 Å². The van der Waals surface area contributed by atoms with E-state index in [2.05, 4.69) is 5.32 Å². The fourth-order valence-corrected chi connectivity index (χ4v) is 2.03. The molecule has 1 aliphatic rings. The number of hydrogen-bond acceptors (Lipinski definition) is 7. The monoisotopic (exact) mass is 304 g/mol. The molecular formula is C11H13ClN2O6. The lowest BCUT2D eigenvalue weighted by atomic mass is 10.0. The molecule has 9 heteroatoms. The number of hydrogen-bond donors (Lipinski definition) is 4. The molecule has 20 heavy (non-hydrogen) atoms. The van der Waals surface area contributed by atoms with Crippen LogP contribution in [0.15, 0.2) is 18.2 Å².